The lowest BCUT2D eigenvalue weighted by Gasteiger charge is -2.01. The van der Waals surface area contributed by atoms with E-state index in [2.05, 4.69) is 20.3 Å². The Balaban J connectivity index is 2.11. The van der Waals surface area contributed by atoms with Gasteiger partial charge in [0, 0.05) is 5.38 Å². The molecule has 2 rings (SSSR count). The van der Waals surface area contributed by atoms with Crippen molar-refractivity contribution >= 4 is 33.9 Å². The van der Waals surface area contributed by atoms with Crippen LogP contribution in [-0.2, 0) is 0 Å². The lowest BCUT2D eigenvalue weighted by Crippen LogP contribution is -1.93. The number of thiazole rings is 1. The predicted octanol–water partition coefficient (Wildman–Crippen LogP) is 2.71. The van der Waals surface area contributed by atoms with Gasteiger partial charge in [-0.15, -0.1) is 11.3 Å². The van der Waals surface area contributed by atoms with Crippen molar-refractivity contribution in [2.45, 2.75) is 12.1 Å². The second kappa shape index (κ2) is 4.59. The van der Waals surface area contributed by atoms with Gasteiger partial charge >= 0.3 is 0 Å². The average molecular weight is 238 g/mol. The molecule has 0 aliphatic heterocycles. The molecular formula is C9H10N4S2. The van der Waals surface area contributed by atoms with Crippen molar-refractivity contribution in [1.29, 1.82) is 0 Å². The van der Waals surface area contributed by atoms with Gasteiger partial charge in [0.25, 0.3) is 0 Å². The minimum atomic E-state index is 0.774. The molecule has 0 aliphatic rings. The van der Waals surface area contributed by atoms with E-state index in [1.807, 2.05) is 18.6 Å². The maximum atomic E-state index is 4.30. The summed E-state index contributed by atoms with van der Waals surface area (Å²) < 4.78 is 0. The van der Waals surface area contributed by atoms with Gasteiger partial charge in [0.1, 0.15) is 0 Å². The Morgan fingerprint density at radius 2 is 2.07 bits per heavy atom. The molecule has 78 valence electrons. The van der Waals surface area contributed by atoms with E-state index in [0.717, 1.165) is 21.7 Å². The normalized spacial score (nSPS) is 10.3. The van der Waals surface area contributed by atoms with Gasteiger partial charge < -0.3 is 5.32 Å². The second-order valence-electron chi connectivity index (χ2n) is 2.88. The maximum absolute atomic E-state index is 4.30. The Hall–Kier alpha value is -1.14. The van der Waals surface area contributed by atoms with Crippen LogP contribution in [0.5, 0.6) is 0 Å². The molecule has 0 spiro atoms. The molecule has 0 unspecified atom stereocenters. The fraction of sp³-hybridized carbons (Fsp3) is 0.222. The Morgan fingerprint density at radius 1 is 1.33 bits per heavy atom. The molecule has 15 heavy (non-hydrogen) atoms. The molecule has 1 N–H and O–H groups in total. The first kappa shape index (κ1) is 10.4. The van der Waals surface area contributed by atoms with E-state index >= 15 is 0 Å². The summed E-state index contributed by atoms with van der Waals surface area (Å²) in [7, 11) is 0. The van der Waals surface area contributed by atoms with Gasteiger partial charge in [-0.1, -0.05) is 11.8 Å². The van der Waals surface area contributed by atoms with Crippen molar-refractivity contribution in [3.8, 4) is 0 Å². The van der Waals surface area contributed by atoms with Gasteiger partial charge in [-0.05, 0) is 13.2 Å². The van der Waals surface area contributed by atoms with Crippen molar-refractivity contribution in [3.63, 3.8) is 0 Å². The van der Waals surface area contributed by atoms with Crippen LogP contribution in [0.1, 0.15) is 5.69 Å². The van der Waals surface area contributed by atoms with E-state index in [-0.39, 0.29) is 0 Å². The number of aryl methyl sites for hydroxylation is 1. The van der Waals surface area contributed by atoms with Crippen molar-refractivity contribution in [3.05, 3.63) is 23.5 Å². The van der Waals surface area contributed by atoms with E-state index in [1.165, 1.54) is 11.8 Å². The van der Waals surface area contributed by atoms with Crippen LogP contribution in [0, 0.1) is 6.92 Å². The molecule has 6 heteroatoms. The molecule has 0 aromatic carbocycles. The summed E-state index contributed by atoms with van der Waals surface area (Å²) in [5.74, 6) is 0. The average Bonchev–Trinajstić information content (AvgIpc) is 2.65. The highest BCUT2D eigenvalue weighted by Gasteiger charge is 2.00. The van der Waals surface area contributed by atoms with Crippen LogP contribution in [0.3, 0.4) is 0 Å². The summed E-state index contributed by atoms with van der Waals surface area (Å²) in [6.07, 6.45) is 5.47. The standard InChI is InChI=1S/C9H10N4S2/c1-6-5-15-9(12-6)13-7-3-10-8(14-2)11-4-7/h3-5H,1-2H3,(H,12,13). The monoisotopic (exact) mass is 238 g/mol. The molecule has 2 heterocycles. The smallest absolute Gasteiger partial charge is 0.187 e. The lowest BCUT2D eigenvalue weighted by atomic mass is 10.5. The number of aromatic nitrogens is 3. The van der Waals surface area contributed by atoms with Crippen LogP contribution in [0.25, 0.3) is 0 Å². The third-order valence-electron chi connectivity index (χ3n) is 1.68. The van der Waals surface area contributed by atoms with E-state index in [1.54, 1.807) is 23.7 Å². The molecule has 0 saturated carbocycles. The molecule has 0 saturated heterocycles. The van der Waals surface area contributed by atoms with Crippen LogP contribution in [-0.4, -0.2) is 21.2 Å². The first-order valence-corrected chi connectivity index (χ1v) is 6.43. The number of nitrogens with zero attached hydrogens (tertiary/aromatic N) is 3. The Labute approximate surface area is 96.2 Å². The number of rotatable bonds is 3. The topological polar surface area (TPSA) is 50.7 Å². The highest BCUT2D eigenvalue weighted by Crippen LogP contribution is 2.20. The highest BCUT2D eigenvalue weighted by molar-refractivity contribution is 7.98. The first-order chi connectivity index (χ1) is 7.28. The van der Waals surface area contributed by atoms with Gasteiger partial charge in [-0.25, -0.2) is 15.0 Å². The molecule has 2 aromatic rings. The van der Waals surface area contributed by atoms with Crippen LogP contribution in [0.4, 0.5) is 10.8 Å². The largest absolute Gasteiger partial charge is 0.329 e. The Kier molecular flexibility index (Phi) is 3.17. The van der Waals surface area contributed by atoms with E-state index < -0.39 is 0 Å². The van der Waals surface area contributed by atoms with Gasteiger partial charge in [-0.2, -0.15) is 0 Å². The SMILES string of the molecule is CSc1ncc(Nc2nc(C)cs2)cn1. The number of anilines is 2. The van der Waals surface area contributed by atoms with Crippen LogP contribution in [0.15, 0.2) is 22.9 Å². The lowest BCUT2D eigenvalue weighted by molar-refractivity contribution is 0.972. The van der Waals surface area contributed by atoms with Gasteiger partial charge in [0.05, 0.1) is 23.8 Å². The van der Waals surface area contributed by atoms with Crippen molar-refractivity contribution in [2.75, 3.05) is 11.6 Å². The van der Waals surface area contributed by atoms with Gasteiger partial charge in [0.2, 0.25) is 0 Å². The quantitative estimate of drug-likeness (QED) is 0.658. The van der Waals surface area contributed by atoms with E-state index in [0.29, 0.717) is 0 Å². The summed E-state index contributed by atoms with van der Waals surface area (Å²) in [6.45, 7) is 1.97. The predicted molar refractivity (Wildman–Crippen MR) is 63.9 cm³/mol. The molecule has 2 aromatic heterocycles. The summed E-state index contributed by atoms with van der Waals surface area (Å²) in [6, 6.07) is 0. The van der Waals surface area contributed by atoms with E-state index in [4.69, 9.17) is 0 Å². The van der Waals surface area contributed by atoms with Crippen LogP contribution >= 0.6 is 23.1 Å². The zero-order valence-corrected chi connectivity index (χ0v) is 10.0. The Bertz CT molecular complexity index is 438. The number of nitrogens with one attached hydrogen (secondary N) is 1. The molecular weight excluding hydrogens is 228 g/mol. The van der Waals surface area contributed by atoms with Crippen LogP contribution in [0.2, 0.25) is 0 Å². The summed E-state index contributed by atoms with van der Waals surface area (Å²) in [4.78, 5) is 12.6. The molecule has 0 radical (unpaired) electrons. The van der Waals surface area contributed by atoms with E-state index in [9.17, 15) is 0 Å². The Morgan fingerprint density at radius 3 is 2.60 bits per heavy atom. The summed E-state index contributed by atoms with van der Waals surface area (Å²) in [5.41, 5.74) is 1.88. The molecule has 0 atom stereocenters. The van der Waals surface area contributed by atoms with Crippen molar-refractivity contribution in [2.24, 2.45) is 0 Å². The highest BCUT2D eigenvalue weighted by atomic mass is 32.2. The fourth-order valence-electron chi connectivity index (χ4n) is 1.02. The van der Waals surface area contributed by atoms with Gasteiger partial charge in [0.15, 0.2) is 10.3 Å². The van der Waals surface area contributed by atoms with Crippen molar-refractivity contribution < 1.29 is 0 Å². The number of thioether (sulfide) groups is 1. The maximum Gasteiger partial charge on any atom is 0.187 e. The summed E-state index contributed by atoms with van der Waals surface area (Å²) >= 11 is 3.10. The number of hydrogen-bond donors (Lipinski definition) is 1. The van der Waals surface area contributed by atoms with Gasteiger partial charge in [-0.3, -0.25) is 0 Å². The molecule has 0 amide bonds. The minimum Gasteiger partial charge on any atom is -0.329 e. The molecule has 0 aliphatic carbocycles. The fourth-order valence-corrected chi connectivity index (χ4v) is 2.05. The zero-order chi connectivity index (χ0) is 10.7. The molecule has 4 nitrogen and oxygen atoms in total. The number of hydrogen-bond acceptors (Lipinski definition) is 6. The zero-order valence-electron chi connectivity index (χ0n) is 8.39. The third-order valence-corrected chi connectivity index (χ3v) is 3.13. The van der Waals surface area contributed by atoms with Crippen molar-refractivity contribution in [1.82, 2.24) is 15.0 Å². The second-order valence-corrected chi connectivity index (χ2v) is 4.51. The molecule has 0 bridgehead atoms. The first-order valence-electron chi connectivity index (χ1n) is 4.33. The third kappa shape index (κ3) is 2.66. The van der Waals surface area contributed by atoms with Crippen LogP contribution < -0.4 is 5.32 Å². The minimum absolute atomic E-state index is 0.774. The summed E-state index contributed by atoms with van der Waals surface area (Å²) in [5, 5.41) is 6.79. The molecule has 0 fully saturated rings.